The normalized spacial score (nSPS) is 8.40. The molecule has 0 saturated heterocycles. The maximum Gasteiger partial charge on any atom is 0.0902 e. The summed E-state index contributed by atoms with van der Waals surface area (Å²) in [5, 5.41) is 0. The monoisotopic (exact) mass is 93.0 g/mol. The van der Waals surface area contributed by atoms with Crippen LogP contribution in [0, 0.1) is 0 Å². The Kier molecular flexibility index (Phi) is 4.52. The zero-order valence-electron chi connectivity index (χ0n) is 2.95. The number of hydrogen-bond acceptors (Lipinski definition) is 1. The molecule has 0 nitrogen and oxygen atoms in total. The van der Waals surface area contributed by atoms with Crippen LogP contribution >= 0.6 is 12.6 Å². The Labute approximate surface area is 36.8 Å². The molecule has 0 unspecified atom stereocenters. The SMILES string of the molecule is [18F]CCCS. The molecule has 0 aliphatic carbocycles. The van der Waals surface area contributed by atoms with Gasteiger partial charge >= 0.3 is 0 Å². The summed E-state index contributed by atoms with van der Waals surface area (Å²) in [5.41, 5.74) is 0. The van der Waals surface area contributed by atoms with Crippen molar-refractivity contribution in [2.75, 3.05) is 12.4 Å². The summed E-state index contributed by atoms with van der Waals surface area (Å²) in [5.74, 6) is 0.663. The molecule has 0 aromatic heterocycles. The molecule has 0 aliphatic rings. The largest absolute Gasteiger partial charge is 0.251 e. The molecule has 0 spiro atoms. The number of hydrogen-bond donors (Lipinski definition) is 1. The van der Waals surface area contributed by atoms with Crippen molar-refractivity contribution < 1.29 is 4.39 Å². The van der Waals surface area contributed by atoms with Gasteiger partial charge < -0.3 is 0 Å². The van der Waals surface area contributed by atoms with Crippen LogP contribution in [-0.2, 0) is 0 Å². The van der Waals surface area contributed by atoms with E-state index in [9.17, 15) is 4.39 Å². The van der Waals surface area contributed by atoms with Gasteiger partial charge in [0.25, 0.3) is 0 Å². The molecule has 0 atom stereocenters. The Morgan fingerprint density at radius 2 is 2.20 bits per heavy atom. The first-order valence-electron chi connectivity index (χ1n) is 1.58. The van der Waals surface area contributed by atoms with Crippen molar-refractivity contribution >= 4 is 12.6 Å². The summed E-state index contributed by atoms with van der Waals surface area (Å²) in [4.78, 5) is 0. The zero-order valence-corrected chi connectivity index (χ0v) is 3.84. The maximum absolute atomic E-state index is 10.9. The Balaban J connectivity index is 2.19. The van der Waals surface area contributed by atoms with E-state index >= 15 is 0 Å². The second-order valence-corrected chi connectivity index (χ2v) is 1.21. The molecule has 0 amide bonds. The third-order valence-electron chi connectivity index (χ3n) is 0.292. The van der Waals surface area contributed by atoms with Crippen LogP contribution in [0.25, 0.3) is 0 Å². The third-order valence-corrected chi connectivity index (χ3v) is 0.608. The van der Waals surface area contributed by atoms with Crippen LogP contribution in [0.1, 0.15) is 6.42 Å². The lowest BCUT2D eigenvalue weighted by atomic mass is 10.6. The van der Waals surface area contributed by atoms with E-state index in [0.717, 1.165) is 0 Å². The van der Waals surface area contributed by atoms with Crippen molar-refractivity contribution in [2.45, 2.75) is 6.42 Å². The molecule has 0 rings (SSSR count). The summed E-state index contributed by atoms with van der Waals surface area (Å²) in [6, 6.07) is 0. The predicted octanol–water partition coefficient (Wildman–Crippen LogP) is 1.28. The van der Waals surface area contributed by atoms with E-state index in [4.69, 9.17) is 0 Å². The Hall–Kier alpha value is 0.280. The minimum Gasteiger partial charge on any atom is -0.251 e. The molecule has 0 saturated carbocycles. The Bertz CT molecular complexity index is 14.4. The Morgan fingerprint density at radius 1 is 1.60 bits per heavy atom. The molecule has 0 heterocycles. The lowest BCUT2D eigenvalue weighted by molar-refractivity contribution is 0.490. The van der Waals surface area contributed by atoms with E-state index in [1.165, 1.54) is 0 Å². The summed E-state index contributed by atoms with van der Waals surface area (Å²) < 4.78 is 10.9. The van der Waals surface area contributed by atoms with E-state index in [-0.39, 0.29) is 6.67 Å². The van der Waals surface area contributed by atoms with E-state index < -0.39 is 0 Å². The van der Waals surface area contributed by atoms with Gasteiger partial charge in [0.1, 0.15) is 0 Å². The van der Waals surface area contributed by atoms with Crippen LogP contribution < -0.4 is 0 Å². The van der Waals surface area contributed by atoms with Gasteiger partial charge in [-0.25, -0.2) is 0 Å². The predicted molar refractivity (Wildman–Crippen MR) is 24.4 cm³/mol. The van der Waals surface area contributed by atoms with Crippen molar-refractivity contribution in [2.24, 2.45) is 0 Å². The summed E-state index contributed by atoms with van der Waals surface area (Å²) in [7, 11) is 0. The van der Waals surface area contributed by atoms with Crippen LogP contribution in [0.15, 0.2) is 0 Å². The van der Waals surface area contributed by atoms with Crippen molar-refractivity contribution in [3.05, 3.63) is 0 Å². The van der Waals surface area contributed by atoms with Gasteiger partial charge in [0.15, 0.2) is 0 Å². The van der Waals surface area contributed by atoms with Crippen LogP contribution in [0.2, 0.25) is 0 Å². The molecule has 32 valence electrons. The molecule has 0 bridgehead atoms. The lowest BCUT2D eigenvalue weighted by Crippen LogP contribution is -1.72. The van der Waals surface area contributed by atoms with Gasteiger partial charge in [0.05, 0.1) is 6.67 Å². The molecular weight excluding hydrogens is 86.1 g/mol. The minimum atomic E-state index is -0.233. The van der Waals surface area contributed by atoms with Crippen LogP contribution in [0.3, 0.4) is 0 Å². The molecule has 0 radical (unpaired) electrons. The molecule has 5 heavy (non-hydrogen) atoms. The van der Waals surface area contributed by atoms with E-state index in [2.05, 4.69) is 12.6 Å². The smallest absolute Gasteiger partial charge is 0.0902 e. The van der Waals surface area contributed by atoms with Gasteiger partial charge in [-0.1, -0.05) is 0 Å². The van der Waals surface area contributed by atoms with Crippen molar-refractivity contribution in [3.8, 4) is 0 Å². The van der Waals surface area contributed by atoms with Crippen LogP contribution in [0.4, 0.5) is 4.39 Å². The van der Waals surface area contributed by atoms with Crippen LogP contribution in [-0.4, -0.2) is 12.4 Å². The summed E-state index contributed by atoms with van der Waals surface area (Å²) in [6.45, 7) is -0.233. The van der Waals surface area contributed by atoms with E-state index in [1.807, 2.05) is 0 Å². The average Bonchev–Trinajstić information content (AvgIpc) is 1.41. The molecule has 0 aromatic rings. The highest BCUT2D eigenvalue weighted by Crippen LogP contribution is 1.80. The second kappa shape index (κ2) is 4.28. The fraction of sp³-hybridized carbons (Fsp3) is 1.00. The van der Waals surface area contributed by atoms with Crippen molar-refractivity contribution in [3.63, 3.8) is 0 Å². The van der Waals surface area contributed by atoms with Gasteiger partial charge in [-0.05, 0) is 12.2 Å². The first-order valence-corrected chi connectivity index (χ1v) is 2.22. The number of rotatable bonds is 2. The van der Waals surface area contributed by atoms with E-state index in [0.29, 0.717) is 12.2 Å². The fourth-order valence-corrected chi connectivity index (χ4v) is 0.179. The molecule has 0 aliphatic heterocycles. The molecule has 0 aromatic carbocycles. The molecule has 2 heteroatoms. The number of halogens is 1. The maximum atomic E-state index is 10.9. The van der Waals surface area contributed by atoms with Gasteiger partial charge in [-0.15, -0.1) is 0 Å². The third kappa shape index (κ3) is 4.28. The van der Waals surface area contributed by atoms with Gasteiger partial charge in [-0.2, -0.15) is 12.6 Å². The van der Waals surface area contributed by atoms with Gasteiger partial charge in [-0.3, -0.25) is 4.39 Å². The minimum absolute atomic E-state index is 0.233. The number of thiol groups is 1. The second-order valence-electron chi connectivity index (χ2n) is 0.766. The first-order chi connectivity index (χ1) is 2.41. The standard InChI is InChI=1S/C3H7FS/c4-2-1-3-5/h5H,1-3H2/i4-1. The Morgan fingerprint density at radius 3 is 2.20 bits per heavy atom. The van der Waals surface area contributed by atoms with E-state index in [1.54, 1.807) is 0 Å². The van der Waals surface area contributed by atoms with Crippen LogP contribution in [0.5, 0.6) is 0 Å². The molecule has 0 N–H and O–H groups in total. The summed E-state index contributed by atoms with van der Waals surface area (Å²) >= 11 is 3.76. The van der Waals surface area contributed by atoms with Gasteiger partial charge in [0.2, 0.25) is 0 Å². The fourth-order valence-electron chi connectivity index (χ4n) is 0.0598. The first kappa shape index (κ1) is 5.28. The topological polar surface area (TPSA) is 0 Å². The highest BCUT2D eigenvalue weighted by Gasteiger charge is 1.72. The highest BCUT2D eigenvalue weighted by atomic mass is 32.1. The lowest BCUT2D eigenvalue weighted by Gasteiger charge is -1.76. The molecule has 0 fully saturated rings. The van der Waals surface area contributed by atoms with Crippen molar-refractivity contribution in [1.29, 1.82) is 0 Å². The average molecular weight is 93.2 g/mol. The highest BCUT2D eigenvalue weighted by molar-refractivity contribution is 7.80. The van der Waals surface area contributed by atoms with Gasteiger partial charge in [0, 0.05) is 0 Å². The zero-order chi connectivity index (χ0) is 4.12. The molecular formula is C3H7FS. The number of alkyl halides is 1. The quantitative estimate of drug-likeness (QED) is 0.488. The summed E-state index contributed by atoms with van der Waals surface area (Å²) in [6.07, 6.45) is 0.586. The van der Waals surface area contributed by atoms with Crippen molar-refractivity contribution in [1.82, 2.24) is 0 Å².